The van der Waals surface area contributed by atoms with Crippen molar-refractivity contribution in [2.24, 2.45) is 0 Å². The Balaban J connectivity index is 0.000000174. The van der Waals surface area contributed by atoms with Gasteiger partial charge in [-0.1, -0.05) is 23.7 Å². The van der Waals surface area contributed by atoms with Gasteiger partial charge in [-0.3, -0.25) is 29.1 Å². The van der Waals surface area contributed by atoms with Crippen LogP contribution in [0.4, 0.5) is 11.4 Å². The molecule has 7 aromatic heterocycles. The van der Waals surface area contributed by atoms with Crippen LogP contribution >= 0.6 is 11.6 Å². The lowest BCUT2D eigenvalue weighted by molar-refractivity contribution is 0.0584. The molecule has 2 aliphatic rings. The third-order valence-corrected chi connectivity index (χ3v) is 12.5. The molecular weight excluding hydrogens is 1180 g/mol. The second kappa shape index (κ2) is 34.6. The van der Waals surface area contributed by atoms with Gasteiger partial charge in [-0.15, -0.1) is 0 Å². The number of anilines is 2. The summed E-state index contributed by atoms with van der Waals surface area (Å²) in [5.74, 6) is 1.84. The predicted octanol–water partition coefficient (Wildman–Crippen LogP) is 6.41. The monoisotopic (exact) mass is 1240 g/mol. The number of pyridine rings is 2. The Morgan fingerprint density at radius 3 is 1.33 bits per heavy atom. The molecule has 2 N–H and O–H groups in total. The quantitative estimate of drug-likeness (QED) is 0.0826. The van der Waals surface area contributed by atoms with Crippen LogP contribution in [-0.2, 0) is 69.8 Å². The number of aromatic hydroxyl groups is 1. The minimum Gasteiger partial charge on any atom is -0.508 e. The number of carbonyl (C=O) groups is 2. The molecule has 0 fully saturated rings. The summed E-state index contributed by atoms with van der Waals surface area (Å²) in [4.78, 5) is 72.9. The van der Waals surface area contributed by atoms with Crippen LogP contribution in [0.1, 0.15) is 60.3 Å². The van der Waals surface area contributed by atoms with Gasteiger partial charge in [0.05, 0.1) is 135 Å². The van der Waals surface area contributed by atoms with Gasteiger partial charge in [0.2, 0.25) is 23.5 Å². The van der Waals surface area contributed by atoms with Crippen molar-refractivity contribution in [2.75, 3.05) is 58.7 Å². The predicted molar refractivity (Wildman–Crippen MR) is 317 cm³/mol. The lowest BCUT2D eigenvalue weighted by atomic mass is 10.1. The molecule has 0 saturated carbocycles. The van der Waals surface area contributed by atoms with E-state index in [9.17, 15) is 23.1 Å². The van der Waals surface area contributed by atoms with Gasteiger partial charge < -0.3 is 53.2 Å². The average Bonchev–Trinajstić information content (AvgIpc) is 3.11. The number of aliphatic hydroxyl groups is 1. The minimum atomic E-state index is -3.44. The van der Waals surface area contributed by atoms with E-state index in [1.54, 1.807) is 38.0 Å². The summed E-state index contributed by atoms with van der Waals surface area (Å²) in [6.45, 7) is 3.71. The number of hydrogen-bond acceptors (Lipinski definition) is 28. The van der Waals surface area contributed by atoms with Crippen molar-refractivity contribution in [1.29, 1.82) is 0 Å². The SMILES string of the molecule is COC(=O)c1cnc(Cl)cn1.COC(=O)c1cnc(OC)cn1.COc1cnc(CO)cn1.COc1cnc(COS(C)(=O)=O)cn1.COc1cnc(COc2ccc3c(c2)CN(c2ccncc2)C3)cn1.Oc1ccc2c(c1)CN(c1ccncc1)C2. The summed E-state index contributed by atoms with van der Waals surface area (Å²) in [7, 11) is 5.15. The second-order valence-corrected chi connectivity index (χ2v) is 19.8. The maximum atomic E-state index is 10.8. The number of hydrogen-bond donors (Lipinski definition) is 2. The van der Waals surface area contributed by atoms with Gasteiger partial charge in [0.25, 0.3) is 10.1 Å². The summed E-state index contributed by atoms with van der Waals surface area (Å²) >= 11 is 5.43. The standard InChI is InChI=1S/C19H18N4O2.C13H12N2O.C7H10N2O4S.C7H8N2O3.C6H5ClN2O2.C6H8N2O2/c1-24-19-10-21-16(9-22-19)13-25-18-3-2-14-11-23(12-15(14)8-18)17-4-6-20-7-5-17;16-13-2-1-10-8-15(9-11(10)7-13)12-3-5-14-6-4-12;1-12-7-4-8-6(3-9-7)5-13-14(2,10)11;1-11-6-4-8-5(3-9-6)7(10)12-2;1-11-6(10)4-2-9-5(7)3-8-4;1-10-6-3-7-5(4-9)2-8-6/h2-10H,11-13H2,1H3;1-7,16H,8-9H2;3-4H,5H2,1-2H3;3-4H,1-2H3;2-3H,1H3;2-3,9H,4H2,1H3. The Labute approximate surface area is 511 Å². The molecule has 11 rings (SSSR count). The van der Waals surface area contributed by atoms with Crippen molar-refractivity contribution in [2.45, 2.75) is 46.0 Å². The summed E-state index contributed by atoms with van der Waals surface area (Å²) in [5.41, 5.74) is 9.51. The molecule has 88 heavy (non-hydrogen) atoms. The number of ether oxygens (including phenoxy) is 7. The molecule has 460 valence electrons. The number of fused-ring (bicyclic) bond motifs is 2. The maximum Gasteiger partial charge on any atom is 0.358 e. The Morgan fingerprint density at radius 1 is 0.500 bits per heavy atom. The van der Waals surface area contributed by atoms with Gasteiger partial charge in [-0.2, -0.15) is 8.42 Å². The topological polar surface area (TPSA) is 344 Å². The van der Waals surface area contributed by atoms with E-state index in [0.717, 1.165) is 43.9 Å². The molecule has 28 nitrogen and oxygen atoms in total. The average molecular weight is 1250 g/mol. The highest BCUT2D eigenvalue weighted by Crippen LogP contribution is 2.32. The fraction of sp³-hybridized carbons (Fsp3) is 0.241. The highest BCUT2D eigenvalue weighted by Gasteiger charge is 2.21. The number of carbonyl (C=O) groups excluding carboxylic acids is 2. The lowest BCUT2D eigenvalue weighted by Gasteiger charge is -2.16. The molecule has 0 unspecified atom stereocenters. The number of phenols is 1. The number of phenolic OH excluding ortho intramolecular Hbond substituents is 1. The van der Waals surface area contributed by atoms with Crippen LogP contribution in [0.3, 0.4) is 0 Å². The van der Waals surface area contributed by atoms with E-state index < -0.39 is 22.1 Å². The normalized spacial score (nSPS) is 11.4. The fourth-order valence-corrected chi connectivity index (χ4v) is 7.80. The summed E-state index contributed by atoms with van der Waals surface area (Å²) < 4.78 is 59.8. The first-order valence-electron chi connectivity index (χ1n) is 25.9. The molecule has 0 bridgehead atoms. The Hall–Kier alpha value is -10.4. The number of halogens is 1. The summed E-state index contributed by atoms with van der Waals surface area (Å²) in [5, 5.41) is 18.2. The lowest BCUT2D eigenvalue weighted by Crippen LogP contribution is -2.14. The van der Waals surface area contributed by atoms with Gasteiger partial charge in [-0.05, 0) is 70.8 Å². The zero-order valence-corrected chi connectivity index (χ0v) is 50.2. The van der Waals surface area contributed by atoms with Crippen LogP contribution in [0.2, 0.25) is 5.15 Å². The molecule has 0 atom stereocenters. The van der Waals surface area contributed by atoms with Gasteiger partial charge in [0.1, 0.15) is 29.9 Å². The number of methoxy groups -OCH3 is 6. The van der Waals surface area contributed by atoms with Crippen molar-refractivity contribution < 1.29 is 65.6 Å². The van der Waals surface area contributed by atoms with Crippen LogP contribution < -0.4 is 33.5 Å². The highest BCUT2D eigenvalue weighted by molar-refractivity contribution is 7.85. The van der Waals surface area contributed by atoms with Crippen molar-refractivity contribution in [3.05, 3.63) is 203 Å². The highest BCUT2D eigenvalue weighted by atomic mass is 35.5. The smallest absolute Gasteiger partial charge is 0.358 e. The van der Waals surface area contributed by atoms with Gasteiger partial charge in [0.15, 0.2) is 11.4 Å². The van der Waals surface area contributed by atoms with Gasteiger partial charge >= 0.3 is 11.9 Å². The molecule has 2 aliphatic heterocycles. The van der Waals surface area contributed by atoms with Crippen LogP contribution in [-0.4, -0.2) is 139 Å². The Morgan fingerprint density at radius 2 is 0.920 bits per heavy atom. The molecule has 0 amide bonds. The van der Waals surface area contributed by atoms with E-state index in [0.29, 0.717) is 47.3 Å². The largest absolute Gasteiger partial charge is 0.508 e. The zero-order chi connectivity index (χ0) is 63.3. The van der Waals surface area contributed by atoms with Crippen LogP contribution in [0.15, 0.2) is 147 Å². The first-order chi connectivity index (χ1) is 42.5. The fourth-order valence-electron chi connectivity index (χ4n) is 7.37. The van der Waals surface area contributed by atoms with Crippen LogP contribution in [0.25, 0.3) is 0 Å². The molecule has 0 radical (unpaired) electrons. The van der Waals surface area contributed by atoms with E-state index in [1.165, 1.54) is 119 Å². The minimum absolute atomic E-state index is 0.0863. The second-order valence-electron chi connectivity index (χ2n) is 17.7. The summed E-state index contributed by atoms with van der Waals surface area (Å²) in [6.07, 6.45) is 22.4. The maximum absolute atomic E-state index is 10.8. The van der Waals surface area contributed by atoms with Crippen molar-refractivity contribution in [1.82, 2.24) is 59.8 Å². The third-order valence-electron chi connectivity index (χ3n) is 11.8. The van der Waals surface area contributed by atoms with Crippen molar-refractivity contribution in [3.8, 4) is 35.0 Å². The molecular formula is C58H61ClN14O14S. The molecule has 0 aliphatic carbocycles. The molecule has 9 heterocycles. The number of esters is 2. The Bertz CT molecular complexity index is 3670. The van der Waals surface area contributed by atoms with E-state index in [2.05, 4.69) is 95.4 Å². The third kappa shape index (κ3) is 21.9. The van der Waals surface area contributed by atoms with E-state index in [4.69, 9.17) is 40.4 Å². The first kappa shape index (κ1) is 66.8. The van der Waals surface area contributed by atoms with E-state index >= 15 is 0 Å². The summed E-state index contributed by atoms with van der Waals surface area (Å²) in [6, 6.07) is 19.9. The molecule has 30 heteroatoms. The van der Waals surface area contributed by atoms with Gasteiger partial charge in [0, 0.05) is 62.3 Å². The van der Waals surface area contributed by atoms with Gasteiger partial charge in [-0.25, -0.2) is 44.5 Å². The van der Waals surface area contributed by atoms with Crippen molar-refractivity contribution in [3.63, 3.8) is 0 Å². The van der Waals surface area contributed by atoms with Crippen LogP contribution in [0.5, 0.6) is 35.0 Å². The number of aliphatic hydroxyl groups excluding tert-OH is 1. The zero-order valence-electron chi connectivity index (χ0n) is 48.6. The number of rotatable bonds is 15. The molecule has 0 saturated heterocycles. The van der Waals surface area contributed by atoms with E-state index in [-0.39, 0.29) is 29.8 Å². The Kier molecular flexibility index (Phi) is 26.2. The van der Waals surface area contributed by atoms with Crippen molar-refractivity contribution >= 4 is 45.0 Å². The van der Waals surface area contributed by atoms with Crippen LogP contribution in [0, 0.1) is 0 Å². The number of nitrogens with zero attached hydrogens (tertiary/aromatic N) is 14. The molecule has 9 aromatic rings. The molecule has 2 aromatic carbocycles. The number of aromatic nitrogens is 12. The first-order valence-corrected chi connectivity index (χ1v) is 28.1. The van der Waals surface area contributed by atoms with E-state index in [1.807, 2.05) is 54.9 Å². The number of benzene rings is 2. The molecule has 0 spiro atoms.